The van der Waals surface area contributed by atoms with E-state index in [0.29, 0.717) is 34.2 Å². The van der Waals surface area contributed by atoms with E-state index in [1.807, 2.05) is 6.07 Å². The highest BCUT2D eigenvalue weighted by molar-refractivity contribution is 6.04. The molecule has 0 spiro atoms. The van der Waals surface area contributed by atoms with E-state index < -0.39 is 23.9 Å². The summed E-state index contributed by atoms with van der Waals surface area (Å²) in [5.41, 5.74) is 0.882. The van der Waals surface area contributed by atoms with Crippen molar-refractivity contribution in [3.05, 3.63) is 78.1 Å². The smallest absolute Gasteiger partial charge is 0.272 e. The maximum atomic E-state index is 14.3. The zero-order chi connectivity index (χ0) is 26.8. The Morgan fingerprint density at radius 3 is 2.36 bits per heavy atom. The van der Waals surface area contributed by atoms with Crippen LogP contribution in [0.25, 0.3) is 0 Å². The van der Waals surface area contributed by atoms with Gasteiger partial charge in [0, 0.05) is 17.8 Å². The summed E-state index contributed by atoms with van der Waals surface area (Å²) in [5, 5.41) is 3.15. The van der Waals surface area contributed by atoms with Crippen LogP contribution in [0, 0.1) is 5.82 Å². The lowest BCUT2D eigenvalue weighted by Gasteiger charge is -2.36. The van der Waals surface area contributed by atoms with Gasteiger partial charge < -0.3 is 24.3 Å². The zero-order valence-corrected chi connectivity index (χ0v) is 21.3. The van der Waals surface area contributed by atoms with Crippen LogP contribution in [-0.4, -0.2) is 37.4 Å². The topological polar surface area (TPSA) is 86.3 Å². The van der Waals surface area contributed by atoms with Crippen LogP contribution < -0.4 is 29.2 Å². The summed E-state index contributed by atoms with van der Waals surface area (Å²) in [7, 11) is 0. The van der Waals surface area contributed by atoms with Crippen LogP contribution in [-0.2, 0) is 9.59 Å². The van der Waals surface area contributed by atoms with Gasteiger partial charge in [-0.2, -0.15) is 0 Å². The number of hydrogen-bond acceptors (Lipinski definition) is 6. The van der Waals surface area contributed by atoms with Gasteiger partial charge in [-0.15, -0.1) is 0 Å². The van der Waals surface area contributed by atoms with Crippen molar-refractivity contribution in [2.75, 3.05) is 18.3 Å². The third kappa shape index (κ3) is 5.21. The predicted octanol–water partition coefficient (Wildman–Crippen LogP) is 4.92. The molecule has 9 heteroatoms. The number of carbonyl (C=O) groups excluding carboxylic acids is 2. The molecular formula is C30H29FN2O6. The SMILES string of the molecule is O=C(NC1CCCCC1)[C@H](c1ccc(F)cc1)N(C(=O)[C@@H]1COc2ccccc2O1)c1ccc2c(c1)OCO2. The minimum Gasteiger partial charge on any atom is -0.485 e. The van der Waals surface area contributed by atoms with Crippen molar-refractivity contribution in [2.24, 2.45) is 0 Å². The Morgan fingerprint density at radius 2 is 1.56 bits per heavy atom. The number of para-hydroxylation sites is 2. The standard InChI is InChI=1S/C30H29FN2O6/c31-20-12-10-19(11-13-20)28(29(34)32-21-6-2-1-3-7-21)33(22-14-15-24-26(16-22)38-18-37-24)30(35)27-17-36-23-8-4-5-9-25(23)39-27/h4-5,8-16,21,27-28H,1-3,6-7,17-18H2,(H,32,34)/t27-,28-/m0/s1. The van der Waals surface area contributed by atoms with Crippen LogP contribution in [0.5, 0.6) is 23.0 Å². The lowest BCUT2D eigenvalue weighted by atomic mass is 9.94. The second-order valence-corrected chi connectivity index (χ2v) is 9.91. The largest absolute Gasteiger partial charge is 0.485 e. The number of hydrogen-bond donors (Lipinski definition) is 1. The molecule has 39 heavy (non-hydrogen) atoms. The highest BCUT2D eigenvalue weighted by Crippen LogP contribution is 2.39. The van der Waals surface area contributed by atoms with Crippen molar-refractivity contribution in [1.29, 1.82) is 0 Å². The molecule has 2 amide bonds. The Balaban J connectivity index is 1.41. The number of halogens is 1. The maximum Gasteiger partial charge on any atom is 0.272 e. The van der Waals surface area contributed by atoms with E-state index in [1.54, 1.807) is 36.4 Å². The number of fused-ring (bicyclic) bond motifs is 2. The minimum absolute atomic E-state index is 0.00375. The zero-order valence-electron chi connectivity index (χ0n) is 21.3. The summed E-state index contributed by atoms with van der Waals surface area (Å²) in [6, 6.07) is 16.7. The van der Waals surface area contributed by atoms with E-state index in [1.165, 1.54) is 29.2 Å². The molecule has 2 aliphatic heterocycles. The van der Waals surface area contributed by atoms with E-state index in [4.69, 9.17) is 18.9 Å². The molecule has 1 saturated carbocycles. The lowest BCUT2D eigenvalue weighted by Crippen LogP contribution is -2.52. The van der Waals surface area contributed by atoms with Gasteiger partial charge in [0.15, 0.2) is 23.0 Å². The van der Waals surface area contributed by atoms with Crippen LogP contribution in [0.3, 0.4) is 0 Å². The van der Waals surface area contributed by atoms with Crippen molar-refractivity contribution in [2.45, 2.75) is 50.3 Å². The van der Waals surface area contributed by atoms with Crippen LogP contribution >= 0.6 is 0 Å². The molecule has 0 saturated heterocycles. The summed E-state index contributed by atoms with van der Waals surface area (Å²) < 4.78 is 36.9. The third-order valence-electron chi connectivity index (χ3n) is 7.30. The Kier molecular flexibility index (Phi) is 6.96. The molecule has 6 rings (SSSR count). The predicted molar refractivity (Wildman–Crippen MR) is 141 cm³/mol. The Hall–Kier alpha value is -4.27. The summed E-state index contributed by atoms with van der Waals surface area (Å²) in [6.45, 7) is 0.0317. The molecule has 202 valence electrons. The van der Waals surface area contributed by atoms with E-state index >= 15 is 0 Å². The Morgan fingerprint density at radius 1 is 0.846 bits per heavy atom. The maximum absolute atomic E-state index is 14.3. The average molecular weight is 533 g/mol. The van der Waals surface area contributed by atoms with Crippen molar-refractivity contribution >= 4 is 17.5 Å². The van der Waals surface area contributed by atoms with Crippen LogP contribution in [0.2, 0.25) is 0 Å². The number of nitrogens with one attached hydrogen (secondary N) is 1. The quantitative estimate of drug-likeness (QED) is 0.485. The number of amides is 2. The van der Waals surface area contributed by atoms with Gasteiger partial charge in [0.25, 0.3) is 5.91 Å². The molecule has 0 bridgehead atoms. The molecule has 1 aliphatic carbocycles. The first-order valence-corrected chi connectivity index (χ1v) is 13.2. The normalized spacial score (nSPS) is 18.7. The van der Waals surface area contributed by atoms with Gasteiger partial charge in [0.05, 0.1) is 0 Å². The lowest BCUT2D eigenvalue weighted by molar-refractivity contribution is -0.132. The van der Waals surface area contributed by atoms with E-state index in [9.17, 15) is 14.0 Å². The van der Waals surface area contributed by atoms with Gasteiger partial charge in [-0.25, -0.2) is 4.39 Å². The van der Waals surface area contributed by atoms with Crippen molar-refractivity contribution in [3.8, 4) is 23.0 Å². The molecule has 3 aromatic rings. The van der Waals surface area contributed by atoms with Crippen LogP contribution in [0.4, 0.5) is 10.1 Å². The number of carbonyl (C=O) groups is 2. The highest BCUT2D eigenvalue weighted by atomic mass is 19.1. The number of anilines is 1. The molecule has 3 aromatic carbocycles. The van der Waals surface area contributed by atoms with Crippen molar-refractivity contribution in [3.63, 3.8) is 0 Å². The number of nitrogens with zero attached hydrogens (tertiary/aromatic N) is 1. The summed E-state index contributed by atoms with van der Waals surface area (Å²) in [5.74, 6) is 0.725. The first-order chi connectivity index (χ1) is 19.1. The molecule has 2 heterocycles. The summed E-state index contributed by atoms with van der Waals surface area (Å²) >= 11 is 0. The second kappa shape index (κ2) is 10.8. The second-order valence-electron chi connectivity index (χ2n) is 9.91. The first-order valence-electron chi connectivity index (χ1n) is 13.2. The van der Waals surface area contributed by atoms with Crippen molar-refractivity contribution in [1.82, 2.24) is 5.32 Å². The molecule has 8 nitrogen and oxygen atoms in total. The van der Waals surface area contributed by atoms with Gasteiger partial charge >= 0.3 is 0 Å². The molecule has 1 N–H and O–H groups in total. The summed E-state index contributed by atoms with van der Waals surface area (Å²) in [6.07, 6.45) is 3.92. The monoisotopic (exact) mass is 532 g/mol. The molecule has 2 atom stereocenters. The van der Waals surface area contributed by atoms with E-state index in [0.717, 1.165) is 32.1 Å². The fourth-order valence-electron chi connectivity index (χ4n) is 5.32. The van der Waals surface area contributed by atoms with Gasteiger partial charge in [-0.1, -0.05) is 43.5 Å². The van der Waals surface area contributed by atoms with Gasteiger partial charge in [0.1, 0.15) is 18.5 Å². The molecule has 1 fully saturated rings. The molecule has 0 unspecified atom stereocenters. The Labute approximate surface area is 225 Å². The highest BCUT2D eigenvalue weighted by Gasteiger charge is 2.40. The average Bonchev–Trinajstić information content (AvgIpc) is 3.44. The minimum atomic E-state index is -1.10. The summed E-state index contributed by atoms with van der Waals surface area (Å²) in [4.78, 5) is 29.7. The van der Waals surface area contributed by atoms with E-state index in [-0.39, 0.29) is 25.3 Å². The fourth-order valence-corrected chi connectivity index (χ4v) is 5.32. The van der Waals surface area contributed by atoms with Crippen LogP contribution in [0.1, 0.15) is 43.7 Å². The van der Waals surface area contributed by atoms with E-state index in [2.05, 4.69) is 5.32 Å². The van der Waals surface area contributed by atoms with Crippen LogP contribution in [0.15, 0.2) is 66.7 Å². The number of rotatable bonds is 6. The third-order valence-corrected chi connectivity index (χ3v) is 7.30. The Bertz CT molecular complexity index is 1360. The molecular weight excluding hydrogens is 503 g/mol. The number of ether oxygens (including phenoxy) is 4. The molecule has 0 radical (unpaired) electrons. The van der Waals surface area contributed by atoms with Gasteiger partial charge in [0.2, 0.25) is 18.8 Å². The van der Waals surface area contributed by atoms with Crippen molar-refractivity contribution < 1.29 is 32.9 Å². The first kappa shape index (κ1) is 25.0. The van der Waals surface area contributed by atoms with Gasteiger partial charge in [-0.3, -0.25) is 14.5 Å². The van der Waals surface area contributed by atoms with Gasteiger partial charge in [-0.05, 0) is 54.8 Å². The fraction of sp³-hybridized carbons (Fsp3) is 0.333. The molecule has 3 aliphatic rings. The molecule has 0 aromatic heterocycles. The number of benzene rings is 3.